The molecule has 0 spiro atoms. The van der Waals surface area contributed by atoms with E-state index in [2.05, 4.69) is 10.1 Å². The van der Waals surface area contributed by atoms with Gasteiger partial charge in [-0.2, -0.15) is 0 Å². The average Bonchev–Trinajstić information content (AvgIpc) is 2.67. The van der Waals surface area contributed by atoms with Crippen molar-refractivity contribution < 1.29 is 28.7 Å². The van der Waals surface area contributed by atoms with Crippen LogP contribution < -0.4 is 5.32 Å². The molecule has 1 fully saturated rings. The first kappa shape index (κ1) is 19.2. The summed E-state index contributed by atoms with van der Waals surface area (Å²) in [6, 6.07) is 6.00. The lowest BCUT2D eigenvalue weighted by atomic mass is 10.2. The van der Waals surface area contributed by atoms with Gasteiger partial charge in [-0.1, -0.05) is 0 Å². The van der Waals surface area contributed by atoms with E-state index in [4.69, 9.17) is 4.74 Å². The molecule has 1 heterocycles. The third-order valence-corrected chi connectivity index (χ3v) is 3.85. The molecule has 9 heteroatoms. The first-order valence-corrected chi connectivity index (χ1v) is 8.16. The first-order chi connectivity index (χ1) is 12.5. The van der Waals surface area contributed by atoms with Gasteiger partial charge in [0.05, 0.1) is 19.3 Å². The summed E-state index contributed by atoms with van der Waals surface area (Å²) in [4.78, 5) is 50.2. The highest BCUT2D eigenvalue weighted by atomic mass is 16.6. The fourth-order valence-corrected chi connectivity index (χ4v) is 2.44. The molecule has 3 amide bonds. The van der Waals surface area contributed by atoms with Gasteiger partial charge in [-0.3, -0.25) is 9.59 Å². The Morgan fingerprint density at radius 2 is 1.58 bits per heavy atom. The number of hydrogen-bond donors (Lipinski definition) is 1. The fourth-order valence-electron chi connectivity index (χ4n) is 2.44. The van der Waals surface area contributed by atoms with Gasteiger partial charge in [0.2, 0.25) is 0 Å². The molecule has 2 rings (SSSR count). The number of benzene rings is 1. The maximum atomic E-state index is 12.2. The second kappa shape index (κ2) is 8.84. The van der Waals surface area contributed by atoms with Crippen molar-refractivity contribution in [2.45, 2.75) is 6.92 Å². The average molecular weight is 363 g/mol. The van der Waals surface area contributed by atoms with E-state index < -0.39 is 23.9 Å². The maximum Gasteiger partial charge on any atom is 0.409 e. The van der Waals surface area contributed by atoms with Crippen molar-refractivity contribution in [2.75, 3.05) is 45.2 Å². The Morgan fingerprint density at radius 3 is 2.12 bits per heavy atom. The Bertz CT molecular complexity index is 680. The molecule has 0 unspecified atom stereocenters. The molecular formula is C17H21N3O6. The van der Waals surface area contributed by atoms with Crippen molar-refractivity contribution in [1.82, 2.24) is 9.80 Å². The standard InChI is InChI=1S/C17H21N3O6/c1-3-26-17(24)20-10-8-19(9-11-20)15(22)14(21)18-13-6-4-12(5-7-13)16(23)25-2/h4-7H,3,8-11H2,1-2H3,(H,18,21). The van der Waals surface area contributed by atoms with Crippen LogP contribution in [-0.2, 0) is 19.1 Å². The summed E-state index contributed by atoms with van der Waals surface area (Å²) in [7, 11) is 1.28. The van der Waals surface area contributed by atoms with Crippen molar-refractivity contribution in [1.29, 1.82) is 0 Å². The van der Waals surface area contributed by atoms with Crippen molar-refractivity contribution in [3.8, 4) is 0 Å². The Balaban J connectivity index is 1.87. The van der Waals surface area contributed by atoms with Crippen LogP contribution in [0.1, 0.15) is 17.3 Å². The van der Waals surface area contributed by atoms with Gasteiger partial charge < -0.3 is 24.6 Å². The first-order valence-electron chi connectivity index (χ1n) is 8.16. The number of hydrogen-bond acceptors (Lipinski definition) is 6. The zero-order valence-corrected chi connectivity index (χ0v) is 14.7. The maximum absolute atomic E-state index is 12.2. The van der Waals surface area contributed by atoms with Crippen molar-refractivity contribution in [2.24, 2.45) is 0 Å². The summed E-state index contributed by atoms with van der Waals surface area (Å²) in [5, 5.41) is 2.49. The lowest BCUT2D eigenvalue weighted by molar-refractivity contribution is -0.144. The Hall–Kier alpha value is -3.10. The zero-order valence-electron chi connectivity index (χ0n) is 14.7. The van der Waals surface area contributed by atoms with Crippen LogP contribution in [0.3, 0.4) is 0 Å². The Labute approximate surface area is 150 Å². The number of amides is 3. The van der Waals surface area contributed by atoms with Gasteiger partial charge in [-0.25, -0.2) is 9.59 Å². The molecule has 0 aliphatic carbocycles. The molecule has 140 valence electrons. The second-order valence-corrected chi connectivity index (χ2v) is 5.50. The summed E-state index contributed by atoms with van der Waals surface area (Å²) in [5.74, 6) is -1.94. The van der Waals surface area contributed by atoms with E-state index in [0.717, 1.165) is 0 Å². The number of nitrogens with zero attached hydrogens (tertiary/aromatic N) is 2. The Kier molecular flexibility index (Phi) is 6.54. The molecule has 1 N–H and O–H groups in total. The van der Waals surface area contributed by atoms with Crippen LogP contribution >= 0.6 is 0 Å². The summed E-state index contributed by atoms with van der Waals surface area (Å²) in [6.45, 7) is 3.14. The molecule has 0 saturated carbocycles. The summed E-state index contributed by atoms with van der Waals surface area (Å²) in [6.07, 6.45) is -0.422. The number of carbonyl (C=O) groups excluding carboxylic acids is 4. The van der Waals surface area contributed by atoms with Crippen LogP contribution in [0.25, 0.3) is 0 Å². The SMILES string of the molecule is CCOC(=O)N1CCN(C(=O)C(=O)Nc2ccc(C(=O)OC)cc2)CC1. The van der Waals surface area contributed by atoms with Crippen LogP contribution in [0.15, 0.2) is 24.3 Å². The largest absolute Gasteiger partial charge is 0.465 e. The van der Waals surface area contributed by atoms with Gasteiger partial charge in [0.15, 0.2) is 0 Å². The highest BCUT2D eigenvalue weighted by molar-refractivity contribution is 6.39. The van der Waals surface area contributed by atoms with E-state index in [9.17, 15) is 19.2 Å². The third kappa shape index (κ3) is 4.71. The van der Waals surface area contributed by atoms with E-state index in [0.29, 0.717) is 24.3 Å². The number of nitrogens with one attached hydrogen (secondary N) is 1. The lowest BCUT2D eigenvalue weighted by Gasteiger charge is -2.33. The molecule has 1 aliphatic rings. The molecule has 26 heavy (non-hydrogen) atoms. The highest BCUT2D eigenvalue weighted by Gasteiger charge is 2.28. The number of anilines is 1. The predicted octanol–water partition coefficient (Wildman–Crippen LogP) is 0.712. The second-order valence-electron chi connectivity index (χ2n) is 5.50. The van der Waals surface area contributed by atoms with Gasteiger partial charge >= 0.3 is 23.9 Å². The minimum Gasteiger partial charge on any atom is -0.465 e. The van der Waals surface area contributed by atoms with Crippen LogP contribution in [0, 0.1) is 0 Å². The third-order valence-electron chi connectivity index (χ3n) is 3.85. The molecule has 1 aromatic carbocycles. The molecule has 9 nitrogen and oxygen atoms in total. The summed E-state index contributed by atoms with van der Waals surface area (Å²) in [5.41, 5.74) is 0.730. The van der Waals surface area contributed by atoms with E-state index in [1.807, 2.05) is 0 Å². The van der Waals surface area contributed by atoms with Gasteiger partial charge in [0.25, 0.3) is 0 Å². The topological polar surface area (TPSA) is 105 Å². The lowest BCUT2D eigenvalue weighted by Crippen LogP contribution is -2.53. The van der Waals surface area contributed by atoms with Gasteiger partial charge in [0, 0.05) is 31.9 Å². The van der Waals surface area contributed by atoms with Gasteiger partial charge in [-0.05, 0) is 31.2 Å². The smallest absolute Gasteiger partial charge is 0.409 e. The van der Waals surface area contributed by atoms with Crippen molar-refractivity contribution in [3.63, 3.8) is 0 Å². The monoisotopic (exact) mass is 363 g/mol. The van der Waals surface area contributed by atoms with Crippen molar-refractivity contribution >= 4 is 29.6 Å². The Morgan fingerprint density at radius 1 is 1.00 bits per heavy atom. The van der Waals surface area contributed by atoms with E-state index in [1.165, 1.54) is 41.2 Å². The predicted molar refractivity (Wildman–Crippen MR) is 91.6 cm³/mol. The normalized spacial score (nSPS) is 13.8. The van der Waals surface area contributed by atoms with E-state index in [1.54, 1.807) is 6.92 Å². The minimum absolute atomic E-state index is 0.256. The molecule has 0 radical (unpaired) electrons. The molecule has 0 bridgehead atoms. The van der Waals surface area contributed by atoms with Crippen LogP contribution in [0.4, 0.5) is 10.5 Å². The molecular weight excluding hydrogens is 342 g/mol. The van der Waals surface area contributed by atoms with Crippen LogP contribution in [0.2, 0.25) is 0 Å². The summed E-state index contributed by atoms with van der Waals surface area (Å²) >= 11 is 0. The highest BCUT2D eigenvalue weighted by Crippen LogP contribution is 2.11. The molecule has 0 atom stereocenters. The summed E-state index contributed by atoms with van der Waals surface area (Å²) < 4.78 is 9.50. The molecule has 1 aromatic rings. The van der Waals surface area contributed by atoms with Crippen molar-refractivity contribution in [3.05, 3.63) is 29.8 Å². The number of rotatable bonds is 3. The quantitative estimate of drug-likeness (QED) is 0.626. The number of carbonyl (C=O) groups is 4. The molecule has 0 aromatic heterocycles. The van der Waals surface area contributed by atoms with Crippen LogP contribution in [-0.4, -0.2) is 73.6 Å². The van der Waals surface area contributed by atoms with E-state index in [-0.39, 0.29) is 19.7 Å². The van der Waals surface area contributed by atoms with E-state index >= 15 is 0 Å². The molecule has 1 saturated heterocycles. The number of ether oxygens (including phenoxy) is 2. The minimum atomic E-state index is -0.777. The molecule has 1 aliphatic heterocycles. The number of piperazine rings is 1. The zero-order chi connectivity index (χ0) is 19.1. The number of esters is 1. The fraction of sp³-hybridized carbons (Fsp3) is 0.412. The van der Waals surface area contributed by atoms with Crippen LogP contribution in [0.5, 0.6) is 0 Å². The van der Waals surface area contributed by atoms with Gasteiger partial charge in [0.1, 0.15) is 0 Å². The number of methoxy groups -OCH3 is 1. The van der Waals surface area contributed by atoms with Gasteiger partial charge in [-0.15, -0.1) is 0 Å².